The second kappa shape index (κ2) is 9.43. The molecule has 1 amide bonds. The van der Waals surface area contributed by atoms with Crippen LogP contribution in [0.4, 0.5) is 0 Å². The van der Waals surface area contributed by atoms with Gasteiger partial charge in [-0.15, -0.1) is 11.8 Å². The number of carbonyl (C=O) groups excluding carboxylic acids is 1. The first-order chi connectivity index (χ1) is 14.9. The predicted molar refractivity (Wildman–Crippen MR) is 122 cm³/mol. The van der Waals surface area contributed by atoms with Gasteiger partial charge in [0, 0.05) is 42.9 Å². The first-order valence-electron chi connectivity index (χ1n) is 10.4. The number of hydrogen-bond donors (Lipinski definition) is 0. The molecule has 8 heteroatoms. The molecule has 0 radical (unpaired) electrons. The predicted octanol–water partition coefficient (Wildman–Crippen LogP) is 2.80. The lowest BCUT2D eigenvalue weighted by Crippen LogP contribution is -2.52. The molecule has 1 atom stereocenters. The zero-order chi connectivity index (χ0) is 21.8. The van der Waals surface area contributed by atoms with Crippen molar-refractivity contribution in [2.45, 2.75) is 23.1 Å². The van der Waals surface area contributed by atoms with Crippen LogP contribution >= 0.6 is 11.8 Å². The van der Waals surface area contributed by atoms with Crippen LogP contribution in [0, 0.1) is 11.3 Å². The standard InChI is InChI=1S/C23H25N3O3S2/c24-15-18-5-7-19(8-6-18)16-30-22-4-2-1-3-21(22)23(27)26-12-10-25(11-13-26)20-9-14-31(28,29)17-20/h1-8,20H,9-14,16-17H2/t20-/m1/s1. The van der Waals surface area contributed by atoms with Gasteiger partial charge >= 0.3 is 0 Å². The van der Waals surface area contributed by atoms with E-state index in [4.69, 9.17) is 5.26 Å². The quantitative estimate of drug-likeness (QED) is 0.645. The van der Waals surface area contributed by atoms with Crippen LogP contribution in [-0.2, 0) is 15.6 Å². The number of nitriles is 1. The van der Waals surface area contributed by atoms with Gasteiger partial charge in [-0.1, -0.05) is 24.3 Å². The molecule has 0 spiro atoms. The zero-order valence-corrected chi connectivity index (χ0v) is 18.9. The summed E-state index contributed by atoms with van der Waals surface area (Å²) in [6.45, 7) is 2.66. The molecular formula is C23H25N3O3S2. The number of nitrogens with zero attached hydrogens (tertiary/aromatic N) is 3. The number of sulfone groups is 1. The lowest BCUT2D eigenvalue weighted by atomic mass is 10.1. The minimum absolute atomic E-state index is 0.0293. The molecule has 2 aromatic carbocycles. The Morgan fingerprint density at radius 3 is 2.42 bits per heavy atom. The molecule has 31 heavy (non-hydrogen) atoms. The summed E-state index contributed by atoms with van der Waals surface area (Å²) in [5.41, 5.74) is 2.45. The van der Waals surface area contributed by atoms with Gasteiger partial charge in [0.05, 0.1) is 28.7 Å². The highest BCUT2D eigenvalue weighted by Crippen LogP contribution is 2.28. The second-order valence-corrected chi connectivity index (χ2v) is 11.2. The van der Waals surface area contributed by atoms with Crippen molar-refractivity contribution >= 4 is 27.5 Å². The summed E-state index contributed by atoms with van der Waals surface area (Å²) in [6.07, 6.45) is 0.700. The van der Waals surface area contributed by atoms with Gasteiger partial charge in [0.2, 0.25) is 0 Å². The molecule has 162 valence electrons. The number of rotatable bonds is 5. The average Bonchev–Trinajstić information content (AvgIpc) is 3.17. The Morgan fingerprint density at radius 1 is 1.06 bits per heavy atom. The smallest absolute Gasteiger partial charge is 0.255 e. The van der Waals surface area contributed by atoms with E-state index in [1.807, 2.05) is 53.4 Å². The van der Waals surface area contributed by atoms with Crippen molar-refractivity contribution in [2.75, 3.05) is 37.7 Å². The minimum Gasteiger partial charge on any atom is -0.336 e. The zero-order valence-electron chi connectivity index (χ0n) is 17.2. The Kier molecular flexibility index (Phi) is 6.65. The molecule has 2 aromatic rings. The summed E-state index contributed by atoms with van der Waals surface area (Å²) in [5, 5.41) is 8.93. The van der Waals surface area contributed by atoms with Crippen LogP contribution in [0.2, 0.25) is 0 Å². The molecule has 2 saturated heterocycles. The topological polar surface area (TPSA) is 81.5 Å². The first-order valence-corrected chi connectivity index (χ1v) is 13.2. The number of amides is 1. The van der Waals surface area contributed by atoms with E-state index in [1.54, 1.807) is 11.8 Å². The average molecular weight is 456 g/mol. The van der Waals surface area contributed by atoms with Crippen molar-refractivity contribution in [1.82, 2.24) is 9.80 Å². The first kappa shape index (κ1) is 21.9. The van der Waals surface area contributed by atoms with Gasteiger partial charge in [0.15, 0.2) is 9.84 Å². The van der Waals surface area contributed by atoms with Crippen LogP contribution in [0.25, 0.3) is 0 Å². The molecule has 6 nitrogen and oxygen atoms in total. The van der Waals surface area contributed by atoms with Crippen LogP contribution in [0.3, 0.4) is 0 Å². The van der Waals surface area contributed by atoms with E-state index in [-0.39, 0.29) is 23.5 Å². The maximum absolute atomic E-state index is 13.2. The van der Waals surface area contributed by atoms with Gasteiger partial charge in [0.25, 0.3) is 5.91 Å². The normalized spacial score (nSPS) is 21.0. The lowest BCUT2D eigenvalue weighted by molar-refractivity contribution is 0.0584. The van der Waals surface area contributed by atoms with E-state index in [1.165, 1.54) is 0 Å². The molecule has 0 saturated carbocycles. The Labute approximate surface area is 187 Å². The molecular weight excluding hydrogens is 430 g/mol. The van der Waals surface area contributed by atoms with Crippen molar-refractivity contribution in [3.8, 4) is 6.07 Å². The van der Waals surface area contributed by atoms with Gasteiger partial charge in [-0.05, 0) is 36.2 Å². The van der Waals surface area contributed by atoms with Crippen LogP contribution in [0.1, 0.15) is 27.9 Å². The maximum Gasteiger partial charge on any atom is 0.255 e. The number of carbonyl (C=O) groups is 1. The molecule has 2 aliphatic heterocycles. The number of benzene rings is 2. The summed E-state index contributed by atoms with van der Waals surface area (Å²) in [4.78, 5) is 18.3. The van der Waals surface area contributed by atoms with Gasteiger partial charge in [-0.25, -0.2) is 8.42 Å². The van der Waals surface area contributed by atoms with Gasteiger partial charge < -0.3 is 4.90 Å². The highest BCUT2D eigenvalue weighted by Gasteiger charge is 2.34. The fraction of sp³-hybridized carbons (Fsp3) is 0.391. The molecule has 4 rings (SSSR count). The van der Waals surface area contributed by atoms with Crippen LogP contribution < -0.4 is 0 Å². The van der Waals surface area contributed by atoms with Gasteiger partial charge in [0.1, 0.15) is 0 Å². The maximum atomic E-state index is 13.2. The van der Waals surface area contributed by atoms with E-state index < -0.39 is 9.84 Å². The summed E-state index contributed by atoms with van der Waals surface area (Å²) in [5.74, 6) is 1.28. The Bertz CT molecular complexity index is 1090. The van der Waals surface area contributed by atoms with Crippen molar-refractivity contribution in [3.05, 3.63) is 65.2 Å². The minimum atomic E-state index is -2.90. The Morgan fingerprint density at radius 2 is 1.77 bits per heavy atom. The third-order valence-corrected chi connectivity index (χ3v) is 8.82. The molecule has 0 N–H and O–H groups in total. The highest BCUT2D eigenvalue weighted by molar-refractivity contribution is 7.98. The number of hydrogen-bond acceptors (Lipinski definition) is 6. The lowest BCUT2D eigenvalue weighted by Gasteiger charge is -2.37. The molecule has 0 aromatic heterocycles. The number of piperazine rings is 1. The molecule has 0 aliphatic carbocycles. The summed E-state index contributed by atoms with van der Waals surface area (Å²) in [7, 11) is -2.90. The third kappa shape index (κ3) is 5.29. The summed E-state index contributed by atoms with van der Waals surface area (Å²) >= 11 is 1.62. The summed E-state index contributed by atoms with van der Waals surface area (Å²) < 4.78 is 23.5. The molecule has 2 heterocycles. The highest BCUT2D eigenvalue weighted by atomic mass is 32.2. The largest absolute Gasteiger partial charge is 0.336 e. The SMILES string of the molecule is N#Cc1ccc(CSc2ccccc2C(=O)N2CCN([C@@H]3CCS(=O)(=O)C3)CC2)cc1. The van der Waals surface area contributed by atoms with Crippen LogP contribution in [0.5, 0.6) is 0 Å². The van der Waals surface area contributed by atoms with Crippen molar-refractivity contribution in [1.29, 1.82) is 5.26 Å². The third-order valence-electron chi connectivity index (χ3n) is 5.92. The van der Waals surface area contributed by atoms with E-state index in [2.05, 4.69) is 11.0 Å². The molecule has 0 bridgehead atoms. The van der Waals surface area contributed by atoms with Crippen molar-refractivity contribution in [2.24, 2.45) is 0 Å². The molecule has 0 unspecified atom stereocenters. The molecule has 2 aliphatic rings. The van der Waals surface area contributed by atoms with E-state index in [0.717, 1.165) is 16.2 Å². The van der Waals surface area contributed by atoms with Crippen molar-refractivity contribution in [3.63, 3.8) is 0 Å². The van der Waals surface area contributed by atoms with Gasteiger partial charge in [-0.2, -0.15) is 5.26 Å². The Hall–Kier alpha value is -2.34. The van der Waals surface area contributed by atoms with Crippen LogP contribution in [0.15, 0.2) is 53.4 Å². The monoisotopic (exact) mass is 455 g/mol. The Balaban J connectivity index is 1.37. The van der Waals surface area contributed by atoms with E-state index >= 15 is 0 Å². The van der Waals surface area contributed by atoms with Crippen molar-refractivity contribution < 1.29 is 13.2 Å². The van der Waals surface area contributed by atoms with Crippen LogP contribution in [-0.4, -0.2) is 67.9 Å². The van der Waals surface area contributed by atoms with E-state index in [9.17, 15) is 13.2 Å². The fourth-order valence-corrected chi connectivity index (χ4v) is 6.89. The molecule has 2 fully saturated rings. The van der Waals surface area contributed by atoms with E-state index in [0.29, 0.717) is 43.7 Å². The van der Waals surface area contributed by atoms with Gasteiger partial charge in [-0.3, -0.25) is 9.69 Å². The number of thioether (sulfide) groups is 1. The fourth-order valence-electron chi connectivity index (χ4n) is 4.13. The second-order valence-electron chi connectivity index (χ2n) is 7.98. The summed E-state index contributed by atoms with van der Waals surface area (Å²) in [6, 6.07) is 17.4.